The molecule has 0 N–H and O–H groups in total. The van der Waals surface area contributed by atoms with Crippen LogP contribution >= 0.6 is 0 Å². The van der Waals surface area contributed by atoms with E-state index in [4.69, 9.17) is 4.74 Å². The molecule has 0 aliphatic heterocycles. The number of hydrogen-bond donors (Lipinski definition) is 0. The highest BCUT2D eigenvalue weighted by Gasteiger charge is 2.62. The van der Waals surface area contributed by atoms with Crippen molar-refractivity contribution in [3.63, 3.8) is 0 Å². The van der Waals surface area contributed by atoms with Gasteiger partial charge in [-0.1, -0.05) is 30.4 Å². The van der Waals surface area contributed by atoms with Crippen LogP contribution in [-0.2, 0) is 21.1 Å². The Labute approximate surface area is 149 Å². The lowest BCUT2D eigenvalue weighted by molar-refractivity contribution is -0.146. The predicted molar refractivity (Wildman–Crippen MR) is 91.1 cm³/mol. The van der Waals surface area contributed by atoms with Gasteiger partial charge in [0.1, 0.15) is 5.41 Å². The van der Waals surface area contributed by atoms with E-state index in [-0.39, 0.29) is 18.5 Å². The van der Waals surface area contributed by atoms with Gasteiger partial charge in [-0.15, -0.1) is 0 Å². The predicted octanol–water partition coefficient (Wildman–Crippen LogP) is 4.63. The van der Waals surface area contributed by atoms with Crippen LogP contribution in [0.25, 0.3) is 6.08 Å². The maximum absolute atomic E-state index is 12.6. The molecule has 0 spiro atoms. The van der Waals surface area contributed by atoms with E-state index in [0.717, 1.165) is 12.1 Å². The number of benzene rings is 1. The number of carbonyl (C=O) groups excluding carboxylic acids is 1. The number of pyridine rings is 1. The smallest absolute Gasteiger partial charge is 0.416 e. The van der Waals surface area contributed by atoms with E-state index >= 15 is 0 Å². The molecule has 26 heavy (non-hydrogen) atoms. The van der Waals surface area contributed by atoms with E-state index in [0.29, 0.717) is 17.7 Å². The zero-order valence-electron chi connectivity index (χ0n) is 14.2. The fraction of sp³-hybridized carbons (Fsp3) is 0.300. The van der Waals surface area contributed by atoms with Crippen molar-refractivity contribution in [3.05, 3.63) is 71.6 Å². The average molecular weight is 361 g/mol. The van der Waals surface area contributed by atoms with E-state index in [2.05, 4.69) is 4.98 Å². The van der Waals surface area contributed by atoms with E-state index in [1.807, 2.05) is 12.1 Å². The summed E-state index contributed by atoms with van der Waals surface area (Å²) < 4.78 is 43.1. The molecule has 1 fully saturated rings. The molecule has 0 amide bonds. The molecule has 6 heteroatoms. The largest absolute Gasteiger partial charge is 0.465 e. The summed E-state index contributed by atoms with van der Waals surface area (Å²) in [4.78, 5) is 16.8. The minimum Gasteiger partial charge on any atom is -0.465 e. The van der Waals surface area contributed by atoms with Crippen LogP contribution in [-0.4, -0.2) is 17.6 Å². The third-order valence-corrected chi connectivity index (χ3v) is 4.54. The maximum atomic E-state index is 12.6. The second kappa shape index (κ2) is 6.94. The van der Waals surface area contributed by atoms with Gasteiger partial charge in [-0.2, -0.15) is 13.2 Å². The molecule has 0 bridgehead atoms. The van der Waals surface area contributed by atoms with Gasteiger partial charge >= 0.3 is 12.1 Å². The van der Waals surface area contributed by atoms with Crippen molar-refractivity contribution in [2.45, 2.75) is 24.9 Å². The van der Waals surface area contributed by atoms with Gasteiger partial charge in [0.05, 0.1) is 17.9 Å². The number of carbonyl (C=O) groups is 1. The highest BCUT2D eigenvalue weighted by atomic mass is 19.4. The summed E-state index contributed by atoms with van der Waals surface area (Å²) in [5.41, 5.74) is -0.195. The molecule has 1 saturated carbocycles. The highest BCUT2D eigenvalue weighted by Crippen LogP contribution is 2.55. The van der Waals surface area contributed by atoms with Gasteiger partial charge in [-0.25, -0.2) is 0 Å². The van der Waals surface area contributed by atoms with E-state index in [1.165, 1.54) is 12.1 Å². The van der Waals surface area contributed by atoms with Crippen molar-refractivity contribution in [1.82, 2.24) is 4.98 Å². The molecular weight excluding hydrogens is 343 g/mol. The summed E-state index contributed by atoms with van der Waals surface area (Å²) >= 11 is 0. The number of rotatable bonds is 5. The summed E-state index contributed by atoms with van der Waals surface area (Å²) in [6.45, 7) is 2.03. The molecule has 3 rings (SSSR count). The molecule has 1 aromatic heterocycles. The number of ether oxygens (including phenoxy) is 1. The van der Waals surface area contributed by atoms with Crippen molar-refractivity contribution in [3.8, 4) is 0 Å². The summed E-state index contributed by atoms with van der Waals surface area (Å²) in [5.74, 6) is -0.417. The number of nitrogens with zero attached hydrogens (tertiary/aromatic N) is 1. The van der Waals surface area contributed by atoms with Gasteiger partial charge < -0.3 is 4.74 Å². The second-order valence-electron chi connectivity index (χ2n) is 6.20. The zero-order chi connectivity index (χ0) is 18.8. The van der Waals surface area contributed by atoms with Gasteiger partial charge in [0.25, 0.3) is 0 Å². The number of esters is 1. The Morgan fingerprint density at radius 1 is 1.27 bits per heavy atom. The highest BCUT2D eigenvalue weighted by molar-refractivity contribution is 5.87. The van der Waals surface area contributed by atoms with Crippen molar-refractivity contribution >= 4 is 12.0 Å². The summed E-state index contributed by atoms with van der Waals surface area (Å²) in [7, 11) is 0. The normalized spacial score (nSPS) is 22.4. The van der Waals surface area contributed by atoms with Gasteiger partial charge in [-0.05, 0) is 43.2 Å². The van der Waals surface area contributed by atoms with Crippen molar-refractivity contribution < 1.29 is 22.7 Å². The number of aromatic nitrogens is 1. The second-order valence-corrected chi connectivity index (χ2v) is 6.20. The summed E-state index contributed by atoms with van der Waals surface area (Å²) in [5, 5.41) is 0. The molecule has 2 atom stereocenters. The molecule has 136 valence electrons. The van der Waals surface area contributed by atoms with E-state index < -0.39 is 17.2 Å². The summed E-state index contributed by atoms with van der Waals surface area (Å²) in [6, 6.07) is 10.3. The Kier molecular flexibility index (Phi) is 4.85. The Balaban J connectivity index is 1.79. The molecule has 0 radical (unpaired) electrons. The minimum atomic E-state index is -4.35. The first kappa shape index (κ1) is 18.2. The number of halogens is 3. The van der Waals surface area contributed by atoms with Crippen LogP contribution in [0.15, 0.2) is 54.7 Å². The Morgan fingerprint density at radius 3 is 2.58 bits per heavy atom. The van der Waals surface area contributed by atoms with Crippen molar-refractivity contribution in [1.29, 1.82) is 0 Å². The summed E-state index contributed by atoms with van der Waals surface area (Å²) in [6.07, 6.45) is 1.42. The SMILES string of the molecule is CCOC(=O)C1(c2ccccn2)CC1/C=C/c1ccc(C(F)(F)F)cc1. The molecule has 3 nitrogen and oxygen atoms in total. The van der Waals surface area contributed by atoms with Gasteiger partial charge in [0.2, 0.25) is 0 Å². The Morgan fingerprint density at radius 2 is 2.00 bits per heavy atom. The molecular formula is C20H18F3NO2. The Hall–Kier alpha value is -2.63. The molecule has 0 saturated heterocycles. The first-order valence-electron chi connectivity index (χ1n) is 8.32. The average Bonchev–Trinajstić information content (AvgIpc) is 3.36. The molecule has 1 heterocycles. The van der Waals surface area contributed by atoms with E-state index in [9.17, 15) is 18.0 Å². The molecule has 1 aliphatic rings. The Bertz CT molecular complexity index is 800. The van der Waals surface area contributed by atoms with Gasteiger partial charge in [0.15, 0.2) is 0 Å². The van der Waals surface area contributed by atoms with Crippen LogP contribution in [0.5, 0.6) is 0 Å². The topological polar surface area (TPSA) is 39.2 Å². The first-order valence-corrected chi connectivity index (χ1v) is 8.32. The first-order chi connectivity index (χ1) is 12.4. The van der Waals surface area contributed by atoms with Crippen LogP contribution in [0.1, 0.15) is 30.2 Å². The third kappa shape index (κ3) is 3.49. The van der Waals surface area contributed by atoms with Crippen LogP contribution in [0, 0.1) is 5.92 Å². The zero-order valence-corrected chi connectivity index (χ0v) is 14.2. The van der Waals surface area contributed by atoms with Crippen LogP contribution in [0.4, 0.5) is 13.2 Å². The number of alkyl halides is 3. The maximum Gasteiger partial charge on any atom is 0.416 e. The van der Waals surface area contributed by atoms with Crippen molar-refractivity contribution in [2.75, 3.05) is 6.61 Å². The lowest BCUT2D eigenvalue weighted by Gasteiger charge is -2.14. The van der Waals surface area contributed by atoms with Crippen LogP contribution < -0.4 is 0 Å². The third-order valence-electron chi connectivity index (χ3n) is 4.54. The fourth-order valence-corrected chi connectivity index (χ4v) is 3.05. The van der Waals surface area contributed by atoms with Gasteiger partial charge in [-0.3, -0.25) is 9.78 Å². The minimum absolute atomic E-state index is 0.0984. The lowest BCUT2D eigenvalue weighted by atomic mass is 9.97. The molecule has 2 unspecified atom stereocenters. The van der Waals surface area contributed by atoms with E-state index in [1.54, 1.807) is 31.3 Å². The standard InChI is InChI=1S/C20H18F3NO2/c1-2-26-18(25)19(17-5-3-4-12-24-17)13-16(19)11-8-14-6-9-15(10-7-14)20(21,22)23/h3-12,16H,2,13H2,1H3/b11-8+. The lowest BCUT2D eigenvalue weighted by Crippen LogP contribution is -2.26. The van der Waals surface area contributed by atoms with Crippen LogP contribution in [0.3, 0.4) is 0 Å². The molecule has 1 aromatic carbocycles. The number of hydrogen-bond acceptors (Lipinski definition) is 3. The van der Waals surface area contributed by atoms with Gasteiger partial charge in [0, 0.05) is 12.1 Å². The van der Waals surface area contributed by atoms with Crippen molar-refractivity contribution in [2.24, 2.45) is 5.92 Å². The monoisotopic (exact) mass is 361 g/mol. The quantitative estimate of drug-likeness (QED) is 0.729. The fourth-order valence-electron chi connectivity index (χ4n) is 3.05. The van der Waals surface area contributed by atoms with Crippen LogP contribution in [0.2, 0.25) is 0 Å². The molecule has 1 aliphatic carbocycles. The molecule has 2 aromatic rings. The number of allylic oxidation sites excluding steroid dienone is 1.